The van der Waals surface area contributed by atoms with Crippen LogP contribution in [-0.4, -0.2) is 24.7 Å². The van der Waals surface area contributed by atoms with Crippen molar-refractivity contribution < 1.29 is 0 Å². The van der Waals surface area contributed by atoms with Crippen molar-refractivity contribution in [2.75, 3.05) is 18.7 Å². The number of halogens is 1. The zero-order valence-corrected chi connectivity index (χ0v) is 10.5. The number of hydrogen-bond donors (Lipinski definition) is 1. The molecule has 1 heterocycles. The number of rotatable bonds is 4. The minimum absolute atomic E-state index is 0.385. The molecule has 1 unspecified atom stereocenters. The van der Waals surface area contributed by atoms with Gasteiger partial charge in [-0.1, -0.05) is 12.1 Å². The molecule has 1 N–H and O–H groups in total. The minimum atomic E-state index is 0.385. The molecule has 0 radical (unpaired) electrons. The molecule has 1 aromatic carbocycles. The molecule has 1 aliphatic heterocycles. The van der Waals surface area contributed by atoms with Crippen LogP contribution >= 0.6 is 23.4 Å². The van der Waals surface area contributed by atoms with E-state index in [1.165, 1.54) is 28.2 Å². The van der Waals surface area contributed by atoms with Crippen molar-refractivity contribution in [2.24, 2.45) is 0 Å². The summed E-state index contributed by atoms with van der Waals surface area (Å²) in [5.74, 6) is 1.91. The van der Waals surface area contributed by atoms with Crippen LogP contribution in [0.3, 0.4) is 0 Å². The number of aryl methyl sites for hydroxylation is 1. The summed E-state index contributed by atoms with van der Waals surface area (Å²) < 4.78 is 0. The average molecular weight is 242 g/mol. The Labute approximate surface area is 101 Å². The van der Waals surface area contributed by atoms with Gasteiger partial charge < -0.3 is 5.32 Å². The molecule has 0 spiro atoms. The van der Waals surface area contributed by atoms with E-state index in [0.717, 1.165) is 6.42 Å². The van der Waals surface area contributed by atoms with Gasteiger partial charge in [0.05, 0.1) is 0 Å². The predicted molar refractivity (Wildman–Crippen MR) is 68.1 cm³/mol. The zero-order valence-electron chi connectivity index (χ0n) is 8.92. The van der Waals surface area contributed by atoms with E-state index >= 15 is 0 Å². The van der Waals surface area contributed by atoms with E-state index in [0.29, 0.717) is 11.9 Å². The number of alkyl halides is 1. The number of benzene rings is 1. The molecule has 0 saturated heterocycles. The second-order valence-electron chi connectivity index (χ2n) is 3.88. The third-order valence-corrected chi connectivity index (χ3v) is 4.31. The van der Waals surface area contributed by atoms with Gasteiger partial charge >= 0.3 is 0 Å². The van der Waals surface area contributed by atoms with Crippen LogP contribution in [0.15, 0.2) is 23.1 Å². The molecule has 1 atom stereocenters. The number of fused-ring (bicyclic) bond motifs is 1. The van der Waals surface area contributed by atoms with Gasteiger partial charge in [0.25, 0.3) is 0 Å². The maximum atomic E-state index is 5.87. The normalized spacial score (nSPS) is 16.4. The van der Waals surface area contributed by atoms with E-state index in [9.17, 15) is 0 Å². The molecule has 2 rings (SSSR count). The predicted octanol–water partition coefficient (Wildman–Crippen LogP) is 2.70. The Morgan fingerprint density at radius 1 is 1.53 bits per heavy atom. The van der Waals surface area contributed by atoms with E-state index < -0.39 is 0 Å². The van der Waals surface area contributed by atoms with Crippen molar-refractivity contribution >= 4 is 23.4 Å². The molecule has 82 valence electrons. The van der Waals surface area contributed by atoms with Crippen molar-refractivity contribution in [2.45, 2.75) is 23.8 Å². The summed E-state index contributed by atoms with van der Waals surface area (Å²) in [6, 6.07) is 7.22. The first kappa shape index (κ1) is 11.3. The molecule has 1 nitrogen and oxygen atoms in total. The summed E-state index contributed by atoms with van der Waals surface area (Å²) in [6.07, 6.45) is 2.25. The fourth-order valence-electron chi connectivity index (χ4n) is 1.86. The number of hydrogen-bond acceptors (Lipinski definition) is 2. The molecule has 15 heavy (non-hydrogen) atoms. The highest BCUT2D eigenvalue weighted by Gasteiger charge is 2.12. The standard InChI is InChI=1S/C12H16ClNS/c1-14-11(8-13)6-9-2-3-10-4-5-15-12(10)7-9/h2-3,7,11,14H,4-6,8H2,1H3. The summed E-state index contributed by atoms with van der Waals surface area (Å²) in [5, 5.41) is 3.23. The number of nitrogens with one attached hydrogen (secondary N) is 1. The highest BCUT2D eigenvalue weighted by molar-refractivity contribution is 7.99. The smallest absolute Gasteiger partial charge is 0.0380 e. The molecule has 0 bridgehead atoms. The van der Waals surface area contributed by atoms with E-state index in [4.69, 9.17) is 11.6 Å². The Bertz CT molecular complexity index is 336. The van der Waals surface area contributed by atoms with Crippen molar-refractivity contribution in [1.29, 1.82) is 0 Å². The van der Waals surface area contributed by atoms with E-state index in [1.807, 2.05) is 18.8 Å². The monoisotopic (exact) mass is 241 g/mol. The van der Waals surface area contributed by atoms with Gasteiger partial charge in [0, 0.05) is 22.6 Å². The third kappa shape index (κ3) is 2.68. The van der Waals surface area contributed by atoms with Crippen molar-refractivity contribution in [3.05, 3.63) is 29.3 Å². The highest BCUT2D eigenvalue weighted by atomic mass is 35.5. The molecule has 1 aromatic rings. The van der Waals surface area contributed by atoms with Crippen LogP contribution in [0.25, 0.3) is 0 Å². The van der Waals surface area contributed by atoms with Gasteiger partial charge in [-0.3, -0.25) is 0 Å². The molecule has 0 amide bonds. The fourth-order valence-corrected chi connectivity index (χ4v) is 3.25. The van der Waals surface area contributed by atoms with Crippen LogP contribution in [0.1, 0.15) is 11.1 Å². The molecule has 0 saturated carbocycles. The van der Waals surface area contributed by atoms with Crippen LogP contribution in [0.5, 0.6) is 0 Å². The molecular formula is C12H16ClNS. The maximum Gasteiger partial charge on any atom is 0.0380 e. The summed E-state index contributed by atoms with van der Waals surface area (Å²) in [7, 11) is 1.97. The van der Waals surface area contributed by atoms with Gasteiger partial charge in [-0.25, -0.2) is 0 Å². The van der Waals surface area contributed by atoms with Gasteiger partial charge in [0.2, 0.25) is 0 Å². The van der Waals surface area contributed by atoms with Crippen LogP contribution in [0.4, 0.5) is 0 Å². The second-order valence-corrected chi connectivity index (χ2v) is 5.33. The molecule has 0 aliphatic carbocycles. The summed E-state index contributed by atoms with van der Waals surface area (Å²) in [5.41, 5.74) is 2.90. The topological polar surface area (TPSA) is 12.0 Å². The zero-order chi connectivity index (χ0) is 10.7. The molecule has 0 aromatic heterocycles. The Morgan fingerprint density at radius 3 is 3.13 bits per heavy atom. The Morgan fingerprint density at radius 2 is 2.40 bits per heavy atom. The third-order valence-electron chi connectivity index (χ3n) is 2.84. The summed E-state index contributed by atoms with van der Waals surface area (Å²) >= 11 is 7.84. The van der Waals surface area contributed by atoms with Crippen LogP contribution < -0.4 is 5.32 Å². The minimum Gasteiger partial charge on any atom is -0.315 e. The van der Waals surface area contributed by atoms with E-state index in [1.54, 1.807) is 0 Å². The Kier molecular flexibility index (Phi) is 3.95. The lowest BCUT2D eigenvalue weighted by Gasteiger charge is -2.13. The van der Waals surface area contributed by atoms with Crippen LogP contribution in [0, 0.1) is 0 Å². The number of thioether (sulfide) groups is 1. The first-order valence-electron chi connectivity index (χ1n) is 5.31. The van der Waals surface area contributed by atoms with Crippen molar-refractivity contribution in [3.63, 3.8) is 0 Å². The van der Waals surface area contributed by atoms with Gasteiger partial charge in [-0.2, -0.15) is 0 Å². The largest absolute Gasteiger partial charge is 0.315 e. The summed E-state index contributed by atoms with van der Waals surface area (Å²) in [6.45, 7) is 0. The quantitative estimate of drug-likeness (QED) is 0.814. The van der Waals surface area contributed by atoms with E-state index in [-0.39, 0.29) is 0 Å². The van der Waals surface area contributed by atoms with E-state index in [2.05, 4.69) is 23.5 Å². The van der Waals surface area contributed by atoms with Gasteiger partial charge in [0.1, 0.15) is 0 Å². The highest BCUT2D eigenvalue weighted by Crippen LogP contribution is 2.32. The lowest BCUT2D eigenvalue weighted by atomic mass is 10.0. The molecular weight excluding hydrogens is 226 g/mol. The molecule has 3 heteroatoms. The Balaban J connectivity index is 2.09. The fraction of sp³-hybridized carbons (Fsp3) is 0.500. The van der Waals surface area contributed by atoms with Crippen LogP contribution in [0.2, 0.25) is 0 Å². The van der Waals surface area contributed by atoms with Gasteiger partial charge in [0.15, 0.2) is 0 Å². The van der Waals surface area contributed by atoms with Gasteiger partial charge in [-0.05, 0) is 37.1 Å². The maximum absolute atomic E-state index is 5.87. The van der Waals surface area contributed by atoms with Crippen molar-refractivity contribution in [3.8, 4) is 0 Å². The summed E-state index contributed by atoms with van der Waals surface area (Å²) in [4.78, 5) is 1.47. The lowest BCUT2D eigenvalue weighted by Crippen LogP contribution is -2.29. The molecule has 0 fully saturated rings. The van der Waals surface area contributed by atoms with Gasteiger partial charge in [-0.15, -0.1) is 23.4 Å². The first-order valence-corrected chi connectivity index (χ1v) is 6.83. The SMILES string of the molecule is CNC(CCl)Cc1ccc2c(c1)SCC2. The van der Waals surface area contributed by atoms with Crippen molar-refractivity contribution in [1.82, 2.24) is 5.32 Å². The number of likely N-dealkylation sites (N-methyl/N-ethyl adjacent to an activating group) is 1. The second kappa shape index (κ2) is 5.24. The lowest BCUT2D eigenvalue weighted by molar-refractivity contribution is 0.613. The Hall–Kier alpha value is -0.180. The average Bonchev–Trinajstić information content (AvgIpc) is 2.73. The first-order chi connectivity index (χ1) is 7.33. The van der Waals surface area contributed by atoms with Crippen LogP contribution in [-0.2, 0) is 12.8 Å². The molecule has 1 aliphatic rings.